The summed E-state index contributed by atoms with van der Waals surface area (Å²) in [5.41, 5.74) is 0.949. The zero-order chi connectivity index (χ0) is 18.6. The summed E-state index contributed by atoms with van der Waals surface area (Å²) < 4.78 is 40.2. The van der Waals surface area contributed by atoms with Gasteiger partial charge in [-0.25, -0.2) is 12.8 Å². The summed E-state index contributed by atoms with van der Waals surface area (Å²) in [6.45, 7) is 0.629. The van der Waals surface area contributed by atoms with Crippen molar-refractivity contribution in [2.45, 2.75) is 36.7 Å². The van der Waals surface area contributed by atoms with Gasteiger partial charge in [0.25, 0.3) is 0 Å². The average Bonchev–Trinajstić information content (AvgIpc) is 2.67. The third kappa shape index (κ3) is 4.11. The van der Waals surface area contributed by atoms with Gasteiger partial charge in [0, 0.05) is 13.1 Å². The van der Waals surface area contributed by atoms with Gasteiger partial charge in [0.15, 0.2) is 0 Å². The molecule has 2 aromatic carbocycles. The first-order valence-corrected chi connectivity index (χ1v) is 10.0. The lowest BCUT2D eigenvalue weighted by atomic mass is 10.0. The molecule has 0 radical (unpaired) electrons. The van der Waals surface area contributed by atoms with Gasteiger partial charge in [-0.1, -0.05) is 36.8 Å². The van der Waals surface area contributed by atoms with Gasteiger partial charge in [0.1, 0.15) is 11.9 Å². The highest BCUT2D eigenvalue weighted by atomic mass is 32.2. The van der Waals surface area contributed by atoms with E-state index in [-0.39, 0.29) is 17.3 Å². The number of hydrogen-bond donors (Lipinski definition) is 1. The number of piperidine rings is 1. The van der Waals surface area contributed by atoms with Gasteiger partial charge < -0.3 is 5.32 Å². The van der Waals surface area contributed by atoms with Crippen molar-refractivity contribution in [2.75, 3.05) is 6.54 Å². The van der Waals surface area contributed by atoms with Crippen LogP contribution in [0.25, 0.3) is 0 Å². The standard InChI is InChI=1S/C19H21FN2O3S/c20-16-9-11-17(12-10-16)26(24,25)22-13-5-4-8-18(22)19(23)21-14-15-6-2-1-3-7-15/h1-3,6-7,9-12,18H,4-5,8,13-14H2,(H,21,23). The molecule has 138 valence electrons. The Hall–Kier alpha value is -2.25. The number of nitrogens with zero attached hydrogens (tertiary/aromatic N) is 1. The first kappa shape index (κ1) is 18.5. The summed E-state index contributed by atoms with van der Waals surface area (Å²) in [4.78, 5) is 12.6. The number of halogens is 1. The molecule has 0 saturated carbocycles. The maximum Gasteiger partial charge on any atom is 0.243 e. The molecule has 1 saturated heterocycles. The van der Waals surface area contributed by atoms with Crippen LogP contribution in [0.3, 0.4) is 0 Å². The van der Waals surface area contributed by atoms with E-state index < -0.39 is 21.9 Å². The van der Waals surface area contributed by atoms with E-state index in [0.29, 0.717) is 19.4 Å². The molecule has 1 N–H and O–H groups in total. The van der Waals surface area contributed by atoms with Crippen molar-refractivity contribution < 1.29 is 17.6 Å². The molecule has 26 heavy (non-hydrogen) atoms. The fraction of sp³-hybridized carbons (Fsp3) is 0.316. The SMILES string of the molecule is O=C(NCc1ccccc1)C1CCCCN1S(=O)(=O)c1ccc(F)cc1. The fourth-order valence-corrected chi connectivity index (χ4v) is 4.76. The van der Waals surface area contributed by atoms with Gasteiger partial charge in [-0.2, -0.15) is 4.31 Å². The van der Waals surface area contributed by atoms with E-state index in [9.17, 15) is 17.6 Å². The van der Waals surface area contributed by atoms with E-state index in [1.54, 1.807) is 0 Å². The third-order valence-electron chi connectivity index (χ3n) is 4.49. The second-order valence-electron chi connectivity index (χ2n) is 6.28. The molecule has 0 aromatic heterocycles. The Bertz CT molecular complexity index is 854. The fourth-order valence-electron chi connectivity index (χ4n) is 3.10. The summed E-state index contributed by atoms with van der Waals surface area (Å²) in [5.74, 6) is -0.806. The second-order valence-corrected chi connectivity index (χ2v) is 8.18. The number of benzene rings is 2. The molecule has 0 bridgehead atoms. The Labute approximate surface area is 152 Å². The highest BCUT2D eigenvalue weighted by Crippen LogP contribution is 2.25. The van der Waals surface area contributed by atoms with Crippen molar-refractivity contribution in [3.8, 4) is 0 Å². The van der Waals surface area contributed by atoms with Gasteiger partial charge in [0.2, 0.25) is 15.9 Å². The maximum atomic E-state index is 13.1. The molecule has 5 nitrogen and oxygen atoms in total. The first-order chi connectivity index (χ1) is 12.5. The van der Waals surface area contributed by atoms with E-state index in [0.717, 1.165) is 24.1 Å². The van der Waals surface area contributed by atoms with Crippen molar-refractivity contribution in [3.63, 3.8) is 0 Å². The summed E-state index contributed by atoms with van der Waals surface area (Å²) >= 11 is 0. The average molecular weight is 376 g/mol. The molecule has 1 heterocycles. The third-order valence-corrected chi connectivity index (χ3v) is 6.41. The van der Waals surface area contributed by atoms with Crippen molar-refractivity contribution in [1.82, 2.24) is 9.62 Å². The highest BCUT2D eigenvalue weighted by molar-refractivity contribution is 7.89. The first-order valence-electron chi connectivity index (χ1n) is 8.57. The lowest BCUT2D eigenvalue weighted by molar-refractivity contribution is -0.125. The predicted molar refractivity (Wildman–Crippen MR) is 96.2 cm³/mol. The number of nitrogens with one attached hydrogen (secondary N) is 1. The molecule has 3 rings (SSSR count). The number of sulfonamides is 1. The summed E-state index contributed by atoms with van der Waals surface area (Å²) in [5, 5.41) is 2.83. The van der Waals surface area contributed by atoms with Crippen molar-refractivity contribution in [1.29, 1.82) is 0 Å². The van der Waals surface area contributed by atoms with Crippen LogP contribution in [0.1, 0.15) is 24.8 Å². The lowest BCUT2D eigenvalue weighted by Crippen LogP contribution is -2.51. The molecule has 1 amide bonds. The number of rotatable bonds is 5. The molecule has 0 spiro atoms. The van der Waals surface area contributed by atoms with Crippen molar-refractivity contribution in [3.05, 3.63) is 66.0 Å². The van der Waals surface area contributed by atoms with Gasteiger partial charge >= 0.3 is 0 Å². The lowest BCUT2D eigenvalue weighted by Gasteiger charge is -2.33. The van der Waals surface area contributed by atoms with Crippen molar-refractivity contribution in [2.24, 2.45) is 0 Å². The molecule has 1 aliphatic heterocycles. The quantitative estimate of drug-likeness (QED) is 0.873. The van der Waals surface area contributed by atoms with Gasteiger partial charge in [0.05, 0.1) is 4.90 Å². The molecule has 1 unspecified atom stereocenters. The van der Waals surface area contributed by atoms with Crippen LogP contribution in [-0.2, 0) is 21.4 Å². The van der Waals surface area contributed by atoms with E-state index in [2.05, 4.69) is 5.32 Å². The second kappa shape index (κ2) is 7.97. The zero-order valence-electron chi connectivity index (χ0n) is 14.3. The van der Waals surface area contributed by atoms with Crippen LogP contribution in [0.5, 0.6) is 0 Å². The summed E-state index contributed by atoms with van der Waals surface area (Å²) in [6, 6.07) is 13.4. The predicted octanol–water partition coefficient (Wildman–Crippen LogP) is 2.69. The van der Waals surface area contributed by atoms with Gasteiger partial charge in [-0.3, -0.25) is 4.79 Å². The van der Waals surface area contributed by atoms with Crippen LogP contribution in [0.15, 0.2) is 59.5 Å². The molecule has 0 aliphatic carbocycles. The zero-order valence-corrected chi connectivity index (χ0v) is 15.1. The molecule has 1 fully saturated rings. The minimum absolute atomic E-state index is 0.00154. The van der Waals surface area contributed by atoms with E-state index in [1.807, 2.05) is 30.3 Å². The van der Waals surface area contributed by atoms with Crippen LogP contribution >= 0.6 is 0 Å². The monoisotopic (exact) mass is 376 g/mol. The van der Waals surface area contributed by atoms with Gasteiger partial charge in [-0.15, -0.1) is 0 Å². The van der Waals surface area contributed by atoms with Crippen LogP contribution in [0.4, 0.5) is 4.39 Å². The summed E-state index contributed by atoms with van der Waals surface area (Å²) in [6.07, 6.45) is 1.96. The Morgan fingerprint density at radius 1 is 1.08 bits per heavy atom. The normalized spacial score (nSPS) is 18.4. The number of hydrogen-bond acceptors (Lipinski definition) is 3. The molecule has 7 heteroatoms. The van der Waals surface area contributed by atoms with Crippen LogP contribution in [0, 0.1) is 5.82 Å². The van der Waals surface area contributed by atoms with E-state index in [1.165, 1.54) is 16.4 Å². The Morgan fingerprint density at radius 2 is 1.77 bits per heavy atom. The van der Waals surface area contributed by atoms with Crippen LogP contribution < -0.4 is 5.32 Å². The maximum absolute atomic E-state index is 13.1. The number of amides is 1. The Balaban J connectivity index is 1.76. The number of carbonyl (C=O) groups excluding carboxylic acids is 1. The van der Waals surface area contributed by atoms with E-state index in [4.69, 9.17) is 0 Å². The Morgan fingerprint density at radius 3 is 2.46 bits per heavy atom. The molecule has 1 aliphatic rings. The highest BCUT2D eigenvalue weighted by Gasteiger charge is 2.37. The minimum atomic E-state index is -3.85. The van der Waals surface area contributed by atoms with Crippen LogP contribution in [0.2, 0.25) is 0 Å². The smallest absolute Gasteiger partial charge is 0.243 e. The van der Waals surface area contributed by atoms with Gasteiger partial charge in [-0.05, 0) is 42.7 Å². The molecule has 2 aromatic rings. The topological polar surface area (TPSA) is 66.5 Å². The Kier molecular flexibility index (Phi) is 5.68. The van der Waals surface area contributed by atoms with Crippen molar-refractivity contribution >= 4 is 15.9 Å². The largest absolute Gasteiger partial charge is 0.351 e. The number of carbonyl (C=O) groups is 1. The molecular weight excluding hydrogens is 355 g/mol. The minimum Gasteiger partial charge on any atom is -0.351 e. The molecular formula is C19H21FN2O3S. The van der Waals surface area contributed by atoms with E-state index >= 15 is 0 Å². The molecule has 1 atom stereocenters. The summed E-state index contributed by atoms with van der Waals surface area (Å²) in [7, 11) is -3.85. The van der Waals surface area contributed by atoms with Crippen LogP contribution in [-0.4, -0.2) is 31.2 Å².